The van der Waals surface area contributed by atoms with E-state index in [1.807, 2.05) is 37.4 Å². The van der Waals surface area contributed by atoms with Gasteiger partial charge in [0, 0.05) is 25.7 Å². The van der Waals surface area contributed by atoms with E-state index in [1.54, 1.807) is 4.90 Å². The molecule has 2 rings (SSSR count). The Morgan fingerprint density at radius 3 is 2.62 bits per heavy atom. The van der Waals surface area contributed by atoms with Gasteiger partial charge in [0.2, 0.25) is 0 Å². The Bertz CT molecular complexity index is 430. The molecule has 0 spiro atoms. The highest BCUT2D eigenvalue weighted by Gasteiger charge is 2.25. The lowest BCUT2D eigenvalue weighted by Gasteiger charge is -2.36. The lowest BCUT2D eigenvalue weighted by Crippen LogP contribution is -2.46. The van der Waals surface area contributed by atoms with Gasteiger partial charge in [0.15, 0.2) is 0 Å². The normalized spacial score (nSPS) is 16.2. The van der Waals surface area contributed by atoms with Crippen LogP contribution in [0.2, 0.25) is 0 Å². The van der Waals surface area contributed by atoms with Gasteiger partial charge >= 0.3 is 6.09 Å². The van der Waals surface area contributed by atoms with Gasteiger partial charge in [-0.15, -0.1) is 0 Å². The molecule has 116 valence electrons. The molecule has 21 heavy (non-hydrogen) atoms. The summed E-state index contributed by atoms with van der Waals surface area (Å²) in [5.74, 6) is 0. The molecule has 1 aromatic rings. The van der Waals surface area contributed by atoms with Gasteiger partial charge in [-0.1, -0.05) is 30.3 Å². The number of carbonyl (C=O) groups excluding carboxylic acids is 1. The lowest BCUT2D eigenvalue weighted by atomic mass is 10.0. The zero-order valence-electron chi connectivity index (χ0n) is 12.6. The van der Waals surface area contributed by atoms with Crippen LogP contribution in [-0.2, 0) is 11.3 Å². The Labute approximate surface area is 126 Å². The van der Waals surface area contributed by atoms with E-state index in [0.717, 1.165) is 18.4 Å². The number of hydrogen-bond donors (Lipinski definition) is 1. The maximum Gasteiger partial charge on any atom is 0.410 e. The number of aliphatic hydroxyl groups excluding tert-OH is 1. The number of likely N-dealkylation sites (tertiary alicyclic amines) is 1. The Morgan fingerprint density at radius 2 is 2.00 bits per heavy atom. The van der Waals surface area contributed by atoms with Gasteiger partial charge in [-0.25, -0.2) is 4.79 Å². The van der Waals surface area contributed by atoms with Gasteiger partial charge in [-0.05, 0) is 25.5 Å². The van der Waals surface area contributed by atoms with Crippen molar-refractivity contribution in [2.45, 2.75) is 25.5 Å². The Hall–Kier alpha value is -1.59. The Balaban J connectivity index is 1.73. The molecule has 0 unspecified atom stereocenters. The van der Waals surface area contributed by atoms with Crippen molar-refractivity contribution in [3.8, 4) is 0 Å². The zero-order valence-corrected chi connectivity index (χ0v) is 12.6. The summed E-state index contributed by atoms with van der Waals surface area (Å²) in [7, 11) is 2.02. The molecule has 5 heteroatoms. The Morgan fingerprint density at radius 1 is 1.33 bits per heavy atom. The molecule has 1 amide bonds. The number of benzene rings is 1. The first-order chi connectivity index (χ1) is 10.2. The van der Waals surface area contributed by atoms with E-state index in [9.17, 15) is 4.79 Å². The van der Waals surface area contributed by atoms with Crippen LogP contribution in [0.4, 0.5) is 4.79 Å². The molecular formula is C16H24N2O3. The van der Waals surface area contributed by atoms with Gasteiger partial charge in [0.25, 0.3) is 0 Å². The summed E-state index contributed by atoms with van der Waals surface area (Å²) in [5, 5.41) is 8.96. The van der Waals surface area contributed by atoms with Crippen LogP contribution < -0.4 is 0 Å². The van der Waals surface area contributed by atoms with Crippen molar-refractivity contribution in [3.63, 3.8) is 0 Å². The fourth-order valence-corrected chi connectivity index (χ4v) is 2.64. The fraction of sp³-hybridized carbons (Fsp3) is 0.562. The number of ether oxygens (including phenoxy) is 1. The second kappa shape index (κ2) is 8.00. The summed E-state index contributed by atoms with van der Waals surface area (Å²) < 4.78 is 5.34. The lowest BCUT2D eigenvalue weighted by molar-refractivity contribution is 0.0696. The molecular weight excluding hydrogens is 268 g/mol. The third-order valence-corrected chi connectivity index (χ3v) is 4.00. The fourth-order valence-electron chi connectivity index (χ4n) is 2.64. The van der Waals surface area contributed by atoms with E-state index in [0.29, 0.717) is 32.3 Å². The van der Waals surface area contributed by atoms with E-state index >= 15 is 0 Å². The monoisotopic (exact) mass is 292 g/mol. The summed E-state index contributed by atoms with van der Waals surface area (Å²) in [5.41, 5.74) is 1.00. The van der Waals surface area contributed by atoms with Crippen LogP contribution in [0.15, 0.2) is 30.3 Å². The van der Waals surface area contributed by atoms with Crippen molar-refractivity contribution in [1.82, 2.24) is 9.80 Å². The van der Waals surface area contributed by atoms with Gasteiger partial charge in [-0.3, -0.25) is 0 Å². The number of carbonyl (C=O) groups is 1. The minimum absolute atomic E-state index is 0.176. The van der Waals surface area contributed by atoms with Crippen molar-refractivity contribution in [2.24, 2.45) is 0 Å². The molecule has 0 bridgehead atoms. The van der Waals surface area contributed by atoms with Gasteiger partial charge in [-0.2, -0.15) is 0 Å². The number of nitrogens with zero attached hydrogens (tertiary/aromatic N) is 2. The topological polar surface area (TPSA) is 53.0 Å². The smallest absolute Gasteiger partial charge is 0.410 e. The Kier molecular flexibility index (Phi) is 6.02. The summed E-state index contributed by atoms with van der Waals surface area (Å²) >= 11 is 0. The number of aliphatic hydroxyl groups is 1. The van der Waals surface area contributed by atoms with Crippen LogP contribution in [0, 0.1) is 0 Å². The highest BCUT2D eigenvalue weighted by Crippen LogP contribution is 2.16. The van der Waals surface area contributed by atoms with Crippen LogP contribution in [0.1, 0.15) is 18.4 Å². The van der Waals surface area contributed by atoms with Crippen molar-refractivity contribution in [2.75, 3.05) is 33.3 Å². The zero-order chi connectivity index (χ0) is 15.1. The SMILES string of the molecule is CN(CCO)C1CCN(C(=O)OCc2ccccc2)CC1. The van der Waals surface area contributed by atoms with Crippen LogP contribution >= 0.6 is 0 Å². The number of piperidine rings is 1. The molecule has 1 heterocycles. The first kappa shape index (κ1) is 15.8. The predicted octanol–water partition coefficient (Wildman–Crippen LogP) is 1.71. The third-order valence-electron chi connectivity index (χ3n) is 4.00. The first-order valence-corrected chi connectivity index (χ1v) is 7.47. The first-order valence-electron chi connectivity index (χ1n) is 7.47. The van der Waals surface area contributed by atoms with E-state index in [4.69, 9.17) is 9.84 Å². The summed E-state index contributed by atoms with van der Waals surface area (Å²) in [6, 6.07) is 10.2. The number of likely N-dealkylation sites (N-methyl/N-ethyl adjacent to an activating group) is 1. The molecule has 1 aliphatic rings. The van der Waals surface area contributed by atoms with Crippen molar-refractivity contribution < 1.29 is 14.6 Å². The minimum Gasteiger partial charge on any atom is -0.445 e. The maximum atomic E-state index is 12.0. The standard InChI is InChI=1S/C16H24N2O3/c1-17(11-12-19)15-7-9-18(10-8-15)16(20)21-13-14-5-3-2-4-6-14/h2-6,15,19H,7-13H2,1H3. The molecule has 1 saturated heterocycles. The molecule has 0 aromatic heterocycles. The average molecular weight is 292 g/mol. The second-order valence-electron chi connectivity index (χ2n) is 5.46. The highest BCUT2D eigenvalue weighted by molar-refractivity contribution is 5.67. The molecule has 1 fully saturated rings. The summed E-state index contributed by atoms with van der Waals surface area (Å²) in [6.07, 6.45) is 1.62. The molecule has 1 aliphatic heterocycles. The maximum absolute atomic E-state index is 12.0. The van der Waals surface area contributed by atoms with Crippen molar-refractivity contribution in [3.05, 3.63) is 35.9 Å². The molecule has 1 aromatic carbocycles. The van der Waals surface area contributed by atoms with Gasteiger partial charge in [0.1, 0.15) is 6.61 Å². The molecule has 0 radical (unpaired) electrons. The minimum atomic E-state index is -0.234. The van der Waals surface area contributed by atoms with E-state index < -0.39 is 0 Å². The van der Waals surface area contributed by atoms with E-state index in [2.05, 4.69) is 4.90 Å². The van der Waals surface area contributed by atoms with Crippen LogP contribution in [-0.4, -0.2) is 60.3 Å². The predicted molar refractivity (Wildman–Crippen MR) is 80.9 cm³/mol. The van der Waals surface area contributed by atoms with Crippen molar-refractivity contribution in [1.29, 1.82) is 0 Å². The third kappa shape index (κ3) is 4.72. The largest absolute Gasteiger partial charge is 0.445 e. The van der Waals surface area contributed by atoms with Crippen LogP contribution in [0.25, 0.3) is 0 Å². The van der Waals surface area contributed by atoms with E-state index in [-0.39, 0.29) is 12.7 Å². The van der Waals surface area contributed by atoms with Gasteiger partial charge < -0.3 is 19.6 Å². The van der Waals surface area contributed by atoms with Crippen LogP contribution in [0.3, 0.4) is 0 Å². The molecule has 0 atom stereocenters. The molecule has 5 nitrogen and oxygen atoms in total. The highest BCUT2D eigenvalue weighted by atomic mass is 16.6. The molecule has 1 N–H and O–H groups in total. The quantitative estimate of drug-likeness (QED) is 0.897. The van der Waals surface area contributed by atoms with Crippen molar-refractivity contribution >= 4 is 6.09 Å². The van der Waals surface area contributed by atoms with Crippen LogP contribution in [0.5, 0.6) is 0 Å². The second-order valence-corrected chi connectivity index (χ2v) is 5.46. The summed E-state index contributed by atoms with van der Waals surface area (Å²) in [4.78, 5) is 16.0. The number of rotatable bonds is 5. The van der Waals surface area contributed by atoms with Gasteiger partial charge in [0.05, 0.1) is 6.61 Å². The number of amides is 1. The molecule has 0 aliphatic carbocycles. The average Bonchev–Trinajstić information content (AvgIpc) is 2.54. The number of hydrogen-bond acceptors (Lipinski definition) is 4. The molecule has 0 saturated carbocycles. The summed E-state index contributed by atoms with van der Waals surface area (Å²) in [6.45, 7) is 2.62. The van der Waals surface area contributed by atoms with E-state index in [1.165, 1.54) is 0 Å².